The molecule has 5 nitrogen and oxygen atoms in total. The van der Waals surface area contributed by atoms with Crippen molar-refractivity contribution in [3.05, 3.63) is 24.3 Å². The van der Waals surface area contributed by atoms with Crippen molar-refractivity contribution in [2.24, 2.45) is 0 Å². The molecule has 0 saturated carbocycles. The molecule has 0 aromatic heterocycles. The third-order valence-electron chi connectivity index (χ3n) is 3.20. The van der Waals surface area contributed by atoms with E-state index in [0.717, 1.165) is 25.2 Å². The summed E-state index contributed by atoms with van der Waals surface area (Å²) in [5, 5.41) is 0. The van der Waals surface area contributed by atoms with Crippen LogP contribution in [0.5, 0.6) is 5.75 Å². The highest BCUT2D eigenvalue weighted by Gasteiger charge is 2.33. The maximum Gasteiger partial charge on any atom is 0.573 e. The number of hydrogen-bond donors (Lipinski definition) is 1. The van der Waals surface area contributed by atoms with Gasteiger partial charge in [0.1, 0.15) is 10.6 Å². The zero-order valence-electron chi connectivity index (χ0n) is 13.1. The van der Waals surface area contributed by atoms with Crippen molar-refractivity contribution in [2.45, 2.75) is 31.5 Å². The number of alkyl halides is 3. The molecule has 0 aliphatic carbocycles. The minimum atomic E-state index is -4.95. The van der Waals surface area contributed by atoms with Crippen molar-refractivity contribution >= 4 is 10.0 Å². The largest absolute Gasteiger partial charge is 0.573 e. The maximum atomic E-state index is 12.3. The number of nitrogens with one attached hydrogen (secondary N) is 1. The van der Waals surface area contributed by atoms with Crippen molar-refractivity contribution < 1.29 is 26.3 Å². The maximum absolute atomic E-state index is 12.3. The Hall–Kier alpha value is -1.32. The molecule has 0 atom stereocenters. The Morgan fingerprint density at radius 2 is 1.78 bits per heavy atom. The van der Waals surface area contributed by atoms with E-state index in [4.69, 9.17) is 0 Å². The predicted molar refractivity (Wildman–Crippen MR) is 80.7 cm³/mol. The monoisotopic (exact) mass is 354 g/mol. The van der Waals surface area contributed by atoms with E-state index in [1.54, 1.807) is 0 Å². The fraction of sp³-hybridized carbons (Fsp3) is 0.571. The lowest BCUT2D eigenvalue weighted by Crippen LogP contribution is -2.30. The van der Waals surface area contributed by atoms with E-state index < -0.39 is 27.0 Å². The van der Waals surface area contributed by atoms with Crippen LogP contribution in [0.2, 0.25) is 0 Å². The van der Waals surface area contributed by atoms with E-state index in [9.17, 15) is 21.6 Å². The molecule has 0 unspecified atom stereocenters. The predicted octanol–water partition coefficient (Wildman–Crippen LogP) is 2.60. The fourth-order valence-corrected chi connectivity index (χ4v) is 3.21. The zero-order valence-corrected chi connectivity index (χ0v) is 13.9. The molecule has 1 rings (SSSR count). The first-order valence-electron chi connectivity index (χ1n) is 7.26. The van der Waals surface area contributed by atoms with Crippen LogP contribution in [0, 0.1) is 0 Å². The second kappa shape index (κ2) is 8.51. The quantitative estimate of drug-likeness (QED) is 0.693. The van der Waals surface area contributed by atoms with Crippen LogP contribution >= 0.6 is 0 Å². The standard InChI is InChI=1S/C14H21F3N2O3S/c1-3-19(4-2)11-7-10-18-23(20,21)13-9-6-5-8-12(13)22-14(15,16)17/h5-6,8-9,18H,3-4,7,10-11H2,1-2H3. The first-order valence-corrected chi connectivity index (χ1v) is 8.74. The van der Waals surface area contributed by atoms with Gasteiger partial charge in [-0.1, -0.05) is 26.0 Å². The summed E-state index contributed by atoms with van der Waals surface area (Å²) in [5.74, 6) is -0.740. The van der Waals surface area contributed by atoms with Gasteiger partial charge in [0.15, 0.2) is 0 Å². The molecule has 0 aliphatic heterocycles. The lowest BCUT2D eigenvalue weighted by molar-refractivity contribution is -0.275. The zero-order chi connectivity index (χ0) is 17.5. The Balaban J connectivity index is 2.73. The second-order valence-corrected chi connectivity index (χ2v) is 6.51. The van der Waals surface area contributed by atoms with Crippen LogP contribution in [0.3, 0.4) is 0 Å². The Kier molecular flexibility index (Phi) is 7.30. The number of hydrogen-bond acceptors (Lipinski definition) is 4. The van der Waals surface area contributed by atoms with Gasteiger partial charge in [-0.2, -0.15) is 0 Å². The van der Waals surface area contributed by atoms with Gasteiger partial charge in [-0.3, -0.25) is 0 Å². The van der Waals surface area contributed by atoms with Crippen LogP contribution in [0.25, 0.3) is 0 Å². The molecule has 1 N–H and O–H groups in total. The average molecular weight is 354 g/mol. The topological polar surface area (TPSA) is 58.6 Å². The number of halogens is 3. The number of ether oxygens (including phenoxy) is 1. The molecule has 0 heterocycles. The Morgan fingerprint density at radius 1 is 1.17 bits per heavy atom. The van der Waals surface area contributed by atoms with Crippen LogP contribution in [-0.2, 0) is 10.0 Å². The van der Waals surface area contributed by atoms with E-state index in [1.165, 1.54) is 12.1 Å². The van der Waals surface area contributed by atoms with E-state index in [-0.39, 0.29) is 6.54 Å². The summed E-state index contributed by atoms with van der Waals surface area (Å²) in [4.78, 5) is 1.59. The molecule has 132 valence electrons. The Morgan fingerprint density at radius 3 is 2.35 bits per heavy atom. The van der Waals surface area contributed by atoms with Crippen molar-refractivity contribution in [3.63, 3.8) is 0 Å². The van der Waals surface area contributed by atoms with Gasteiger partial charge in [0.25, 0.3) is 0 Å². The summed E-state index contributed by atoms with van der Waals surface area (Å²) in [6.07, 6.45) is -4.39. The Bertz CT molecular complexity index is 587. The van der Waals surface area contributed by atoms with Gasteiger partial charge in [0.05, 0.1) is 0 Å². The van der Waals surface area contributed by atoms with Crippen LogP contribution in [-0.4, -0.2) is 45.9 Å². The summed E-state index contributed by atoms with van der Waals surface area (Å²) in [6, 6.07) is 4.67. The minimum Gasteiger partial charge on any atom is -0.404 e. The molecule has 0 saturated heterocycles. The van der Waals surface area contributed by atoms with E-state index in [1.807, 2.05) is 13.8 Å². The number of nitrogens with zero attached hydrogens (tertiary/aromatic N) is 1. The smallest absolute Gasteiger partial charge is 0.404 e. The summed E-state index contributed by atoms with van der Waals surface area (Å²) in [7, 11) is -4.07. The molecule has 1 aromatic carbocycles. The van der Waals surface area contributed by atoms with Gasteiger partial charge < -0.3 is 9.64 Å². The van der Waals surface area contributed by atoms with E-state index in [0.29, 0.717) is 13.0 Å². The molecular formula is C14H21F3N2O3S. The Labute approximate surface area is 134 Å². The first-order chi connectivity index (χ1) is 10.7. The molecule has 23 heavy (non-hydrogen) atoms. The minimum absolute atomic E-state index is 0.138. The summed E-state index contributed by atoms with van der Waals surface area (Å²) in [5.41, 5.74) is 0. The number of benzene rings is 1. The van der Waals surface area contributed by atoms with Crippen molar-refractivity contribution in [2.75, 3.05) is 26.2 Å². The van der Waals surface area contributed by atoms with Gasteiger partial charge in [-0.15, -0.1) is 13.2 Å². The number of rotatable bonds is 9. The lowest BCUT2D eigenvalue weighted by atomic mass is 10.3. The second-order valence-electron chi connectivity index (χ2n) is 4.77. The van der Waals surface area contributed by atoms with Crippen molar-refractivity contribution in [3.8, 4) is 5.75 Å². The van der Waals surface area contributed by atoms with Gasteiger partial charge in [0, 0.05) is 6.54 Å². The fourth-order valence-electron chi connectivity index (χ4n) is 2.01. The number of para-hydroxylation sites is 1. The summed E-state index contributed by atoms with van der Waals surface area (Å²) in [6.45, 7) is 6.54. The molecule has 0 fully saturated rings. The van der Waals surface area contributed by atoms with Crippen LogP contribution in [0.4, 0.5) is 13.2 Å². The molecule has 1 aromatic rings. The highest BCUT2D eigenvalue weighted by molar-refractivity contribution is 7.89. The van der Waals surface area contributed by atoms with E-state index in [2.05, 4.69) is 14.4 Å². The highest BCUT2D eigenvalue weighted by atomic mass is 32.2. The summed E-state index contributed by atoms with van der Waals surface area (Å²) < 4.78 is 67.4. The van der Waals surface area contributed by atoms with Gasteiger partial charge in [-0.05, 0) is 38.2 Å². The molecular weight excluding hydrogens is 333 g/mol. The average Bonchev–Trinajstić information content (AvgIpc) is 2.46. The molecule has 0 bridgehead atoms. The highest BCUT2D eigenvalue weighted by Crippen LogP contribution is 2.29. The van der Waals surface area contributed by atoms with Gasteiger partial charge in [0.2, 0.25) is 10.0 Å². The molecule has 0 spiro atoms. The van der Waals surface area contributed by atoms with Crippen molar-refractivity contribution in [1.82, 2.24) is 9.62 Å². The van der Waals surface area contributed by atoms with Gasteiger partial charge in [-0.25, -0.2) is 13.1 Å². The van der Waals surface area contributed by atoms with Crippen LogP contribution in [0.15, 0.2) is 29.2 Å². The van der Waals surface area contributed by atoms with Crippen LogP contribution in [0.1, 0.15) is 20.3 Å². The third kappa shape index (κ3) is 6.76. The normalized spacial score (nSPS) is 12.6. The third-order valence-corrected chi connectivity index (χ3v) is 4.70. The molecule has 9 heteroatoms. The summed E-state index contributed by atoms with van der Waals surface area (Å²) >= 11 is 0. The van der Waals surface area contributed by atoms with Crippen molar-refractivity contribution in [1.29, 1.82) is 0 Å². The lowest BCUT2D eigenvalue weighted by Gasteiger charge is -2.18. The SMILES string of the molecule is CCN(CC)CCCNS(=O)(=O)c1ccccc1OC(F)(F)F. The molecule has 0 radical (unpaired) electrons. The van der Waals surface area contributed by atoms with Gasteiger partial charge >= 0.3 is 6.36 Å². The first kappa shape index (κ1) is 19.7. The molecule has 0 aliphatic rings. The van der Waals surface area contributed by atoms with Crippen LogP contribution < -0.4 is 9.46 Å². The van der Waals surface area contributed by atoms with E-state index >= 15 is 0 Å². The molecule has 0 amide bonds. The number of sulfonamides is 1.